The van der Waals surface area contributed by atoms with E-state index >= 15 is 0 Å². The van der Waals surface area contributed by atoms with Crippen molar-refractivity contribution in [1.82, 2.24) is 20.2 Å². The van der Waals surface area contributed by atoms with Crippen molar-refractivity contribution >= 4 is 23.6 Å². The number of thiazole rings is 1. The molecule has 2 aromatic rings. The van der Waals surface area contributed by atoms with Gasteiger partial charge in [-0.1, -0.05) is 20.8 Å². The molecule has 0 aliphatic rings. The molecule has 0 saturated heterocycles. The average Bonchev–Trinajstić information content (AvgIpc) is 2.69. The maximum absolute atomic E-state index is 4.90. The molecule has 4 nitrogen and oxygen atoms in total. The lowest BCUT2D eigenvalue weighted by Crippen LogP contribution is -2.09. The van der Waals surface area contributed by atoms with E-state index in [9.17, 15) is 0 Å². The molecule has 0 amide bonds. The van der Waals surface area contributed by atoms with Gasteiger partial charge in [0.25, 0.3) is 0 Å². The Morgan fingerprint density at radius 3 is 2.53 bits per heavy atom. The molecular weight excluding hydrogens is 228 g/mol. The molecular formula is C9H12N4S2. The first-order valence-corrected chi connectivity index (χ1v) is 5.80. The van der Waals surface area contributed by atoms with Gasteiger partial charge in [-0.2, -0.15) is 4.98 Å². The van der Waals surface area contributed by atoms with Gasteiger partial charge in [0.1, 0.15) is 0 Å². The number of aromatic nitrogens is 4. The van der Waals surface area contributed by atoms with Crippen LogP contribution in [0.25, 0.3) is 10.7 Å². The van der Waals surface area contributed by atoms with Crippen LogP contribution in [0.1, 0.15) is 25.8 Å². The zero-order valence-corrected chi connectivity index (χ0v) is 10.4. The van der Waals surface area contributed by atoms with Crippen LogP contribution in [0.4, 0.5) is 0 Å². The summed E-state index contributed by atoms with van der Waals surface area (Å²) in [6.45, 7) is 6.42. The van der Waals surface area contributed by atoms with Crippen molar-refractivity contribution in [3.05, 3.63) is 16.0 Å². The van der Waals surface area contributed by atoms with Gasteiger partial charge in [0.05, 0.1) is 9.88 Å². The minimum atomic E-state index is 0.0794. The van der Waals surface area contributed by atoms with Crippen molar-refractivity contribution in [2.24, 2.45) is 0 Å². The molecule has 0 aromatic carbocycles. The molecule has 2 heterocycles. The third-order valence-corrected chi connectivity index (χ3v) is 3.51. The first kappa shape index (κ1) is 10.5. The van der Waals surface area contributed by atoms with Crippen LogP contribution in [0, 0.1) is 4.77 Å². The quantitative estimate of drug-likeness (QED) is 0.754. The Bertz CT molecular complexity index is 514. The molecule has 15 heavy (non-hydrogen) atoms. The number of H-pyrrole nitrogens is 2. The van der Waals surface area contributed by atoms with Crippen LogP contribution in [0.5, 0.6) is 0 Å². The predicted octanol–water partition coefficient (Wildman–Crippen LogP) is 2.89. The Kier molecular flexibility index (Phi) is 2.47. The SMILES string of the molecule is CC(C)(C)c1ncc(-c2nc(=S)[nH][nH]2)s1. The highest BCUT2D eigenvalue weighted by atomic mass is 32.1. The second kappa shape index (κ2) is 3.53. The zero-order valence-electron chi connectivity index (χ0n) is 8.79. The third kappa shape index (κ3) is 2.15. The number of rotatable bonds is 1. The van der Waals surface area contributed by atoms with Gasteiger partial charge < -0.3 is 0 Å². The fourth-order valence-electron chi connectivity index (χ4n) is 1.12. The van der Waals surface area contributed by atoms with E-state index in [1.165, 1.54) is 0 Å². The lowest BCUT2D eigenvalue weighted by atomic mass is 9.98. The van der Waals surface area contributed by atoms with E-state index in [-0.39, 0.29) is 5.41 Å². The van der Waals surface area contributed by atoms with Gasteiger partial charge in [-0.3, -0.25) is 10.2 Å². The predicted molar refractivity (Wildman–Crippen MR) is 63.6 cm³/mol. The molecule has 0 unspecified atom stereocenters. The van der Waals surface area contributed by atoms with Crippen molar-refractivity contribution < 1.29 is 0 Å². The van der Waals surface area contributed by atoms with Gasteiger partial charge in [0.15, 0.2) is 5.82 Å². The fourth-order valence-corrected chi connectivity index (χ4v) is 2.18. The molecule has 0 saturated carbocycles. The summed E-state index contributed by atoms with van der Waals surface area (Å²) in [4.78, 5) is 9.54. The van der Waals surface area contributed by atoms with Crippen molar-refractivity contribution in [2.75, 3.05) is 0 Å². The van der Waals surface area contributed by atoms with E-state index in [1.54, 1.807) is 11.3 Å². The van der Waals surface area contributed by atoms with Crippen molar-refractivity contribution in [3.63, 3.8) is 0 Å². The number of hydrogen-bond donors (Lipinski definition) is 2. The Morgan fingerprint density at radius 1 is 1.33 bits per heavy atom. The van der Waals surface area contributed by atoms with Crippen LogP contribution in [0.2, 0.25) is 0 Å². The Morgan fingerprint density at radius 2 is 2.07 bits per heavy atom. The Labute approximate surface area is 96.8 Å². The Hall–Kier alpha value is -1.01. The lowest BCUT2D eigenvalue weighted by Gasteiger charge is -2.13. The highest BCUT2D eigenvalue weighted by Crippen LogP contribution is 2.30. The molecule has 2 rings (SSSR count). The second-order valence-electron chi connectivity index (χ2n) is 4.30. The molecule has 0 spiro atoms. The monoisotopic (exact) mass is 240 g/mol. The maximum atomic E-state index is 4.90. The molecule has 0 aliphatic carbocycles. The Balaban J connectivity index is 2.40. The molecule has 6 heteroatoms. The summed E-state index contributed by atoms with van der Waals surface area (Å²) in [5.41, 5.74) is 0.0794. The highest BCUT2D eigenvalue weighted by molar-refractivity contribution is 7.71. The highest BCUT2D eigenvalue weighted by Gasteiger charge is 2.19. The molecule has 0 radical (unpaired) electrons. The molecule has 0 bridgehead atoms. The summed E-state index contributed by atoms with van der Waals surface area (Å²) in [5.74, 6) is 0.757. The van der Waals surface area contributed by atoms with Gasteiger partial charge in [0.2, 0.25) is 4.77 Å². The van der Waals surface area contributed by atoms with Gasteiger partial charge in [-0.05, 0) is 12.2 Å². The largest absolute Gasteiger partial charge is 0.281 e. The van der Waals surface area contributed by atoms with E-state index in [2.05, 4.69) is 40.9 Å². The minimum Gasteiger partial charge on any atom is -0.281 e. The molecule has 0 fully saturated rings. The van der Waals surface area contributed by atoms with E-state index in [4.69, 9.17) is 12.2 Å². The average molecular weight is 240 g/mol. The van der Waals surface area contributed by atoms with Gasteiger partial charge in [-0.25, -0.2) is 4.98 Å². The summed E-state index contributed by atoms with van der Waals surface area (Å²) < 4.78 is 0.468. The topological polar surface area (TPSA) is 57.4 Å². The van der Waals surface area contributed by atoms with Crippen LogP contribution < -0.4 is 0 Å². The summed E-state index contributed by atoms with van der Waals surface area (Å²) in [6.07, 6.45) is 1.83. The van der Waals surface area contributed by atoms with E-state index in [0.717, 1.165) is 15.7 Å². The van der Waals surface area contributed by atoms with E-state index in [0.29, 0.717) is 4.77 Å². The fraction of sp³-hybridized carbons (Fsp3) is 0.444. The maximum Gasteiger partial charge on any atom is 0.213 e. The number of aromatic amines is 2. The van der Waals surface area contributed by atoms with Crippen LogP contribution in [0.15, 0.2) is 6.20 Å². The molecule has 80 valence electrons. The van der Waals surface area contributed by atoms with Crippen molar-refractivity contribution in [3.8, 4) is 10.7 Å². The zero-order chi connectivity index (χ0) is 11.1. The summed E-state index contributed by atoms with van der Waals surface area (Å²) >= 11 is 6.53. The molecule has 2 aromatic heterocycles. The number of nitrogens with one attached hydrogen (secondary N) is 2. The molecule has 2 N–H and O–H groups in total. The number of nitrogens with zero attached hydrogens (tertiary/aromatic N) is 2. The second-order valence-corrected chi connectivity index (χ2v) is 5.71. The van der Waals surface area contributed by atoms with Crippen LogP contribution in [-0.4, -0.2) is 20.2 Å². The number of hydrogen-bond acceptors (Lipinski definition) is 4. The third-order valence-electron chi connectivity index (χ3n) is 1.88. The first-order valence-electron chi connectivity index (χ1n) is 4.58. The van der Waals surface area contributed by atoms with Crippen molar-refractivity contribution in [1.29, 1.82) is 0 Å². The van der Waals surface area contributed by atoms with Gasteiger partial charge >= 0.3 is 0 Å². The summed E-state index contributed by atoms with van der Waals surface area (Å²) in [7, 11) is 0. The lowest BCUT2D eigenvalue weighted by molar-refractivity contribution is 0.585. The first-order chi connectivity index (χ1) is 6.97. The van der Waals surface area contributed by atoms with E-state index in [1.807, 2.05) is 6.20 Å². The normalized spacial score (nSPS) is 11.9. The van der Waals surface area contributed by atoms with Crippen LogP contribution in [0.3, 0.4) is 0 Å². The smallest absolute Gasteiger partial charge is 0.213 e. The van der Waals surface area contributed by atoms with Gasteiger partial charge in [0, 0.05) is 11.6 Å². The van der Waals surface area contributed by atoms with Crippen molar-refractivity contribution in [2.45, 2.75) is 26.2 Å². The van der Waals surface area contributed by atoms with Crippen LogP contribution >= 0.6 is 23.6 Å². The summed E-state index contributed by atoms with van der Waals surface area (Å²) in [5, 5.41) is 6.79. The summed E-state index contributed by atoms with van der Waals surface area (Å²) in [6, 6.07) is 0. The van der Waals surface area contributed by atoms with Gasteiger partial charge in [-0.15, -0.1) is 11.3 Å². The molecule has 0 atom stereocenters. The minimum absolute atomic E-state index is 0.0794. The standard InChI is InChI=1S/C9H12N4S2/c1-9(2,3)7-10-4-5(15-7)6-11-8(14)13-12-6/h4H,1-3H3,(H2,11,12,13,14). The molecule has 0 aliphatic heterocycles. The van der Waals surface area contributed by atoms with Crippen LogP contribution in [-0.2, 0) is 5.41 Å². The van der Waals surface area contributed by atoms with E-state index < -0.39 is 0 Å².